The van der Waals surface area contributed by atoms with Crippen molar-refractivity contribution in [2.75, 3.05) is 13.1 Å². The van der Waals surface area contributed by atoms with Gasteiger partial charge in [-0.25, -0.2) is 0 Å². The molecule has 82 valence electrons. The number of aromatic amines is 1. The number of fused-ring (bicyclic) bond motifs is 1. The number of para-hydroxylation sites is 1. The number of hydrogen-bond donors (Lipinski definition) is 2. The zero-order valence-corrected chi connectivity index (χ0v) is 9.38. The summed E-state index contributed by atoms with van der Waals surface area (Å²) in [6.07, 6.45) is 0.956. The Balaban J connectivity index is 2.17. The highest BCUT2D eigenvalue weighted by molar-refractivity contribution is 5.84. The normalized spacial score (nSPS) is 10.5. The van der Waals surface area contributed by atoms with Crippen LogP contribution in [0.3, 0.4) is 0 Å². The average Bonchev–Trinajstić information content (AvgIpc) is 2.61. The fourth-order valence-corrected chi connectivity index (χ4v) is 2.01. The van der Waals surface area contributed by atoms with E-state index in [1.54, 1.807) is 0 Å². The molecule has 0 atom stereocenters. The quantitative estimate of drug-likeness (QED) is 0.604. The third-order valence-corrected chi connectivity index (χ3v) is 2.78. The first-order chi connectivity index (χ1) is 7.83. The molecule has 0 aliphatic heterocycles. The summed E-state index contributed by atoms with van der Waals surface area (Å²) < 4.78 is 0. The van der Waals surface area contributed by atoms with E-state index >= 15 is 0 Å². The molecule has 0 amide bonds. The lowest BCUT2D eigenvalue weighted by Crippen LogP contribution is -2.17. The van der Waals surface area contributed by atoms with Crippen LogP contribution in [-0.4, -0.2) is 18.1 Å². The Morgan fingerprint density at radius 2 is 2.19 bits per heavy atom. The van der Waals surface area contributed by atoms with Crippen LogP contribution in [0.15, 0.2) is 24.3 Å². The third kappa shape index (κ3) is 2.07. The Labute approximate surface area is 95.1 Å². The van der Waals surface area contributed by atoms with Gasteiger partial charge in [0.1, 0.15) is 0 Å². The van der Waals surface area contributed by atoms with Gasteiger partial charge < -0.3 is 10.3 Å². The second-order valence-corrected chi connectivity index (χ2v) is 3.86. The minimum Gasteiger partial charge on any atom is -0.358 e. The Hall–Kier alpha value is -1.79. The molecule has 1 heterocycles. The minimum atomic E-state index is 0.418. The molecule has 1 aromatic carbocycles. The van der Waals surface area contributed by atoms with Crippen LogP contribution < -0.4 is 5.32 Å². The van der Waals surface area contributed by atoms with Crippen molar-refractivity contribution in [1.29, 1.82) is 5.26 Å². The molecule has 0 radical (unpaired) electrons. The van der Waals surface area contributed by atoms with E-state index in [1.165, 1.54) is 22.2 Å². The van der Waals surface area contributed by atoms with Gasteiger partial charge in [-0.2, -0.15) is 5.26 Å². The van der Waals surface area contributed by atoms with Gasteiger partial charge in [-0.3, -0.25) is 0 Å². The lowest BCUT2D eigenvalue weighted by Gasteiger charge is -2.01. The number of aromatic nitrogens is 1. The molecule has 0 aliphatic carbocycles. The van der Waals surface area contributed by atoms with Gasteiger partial charge in [0, 0.05) is 23.1 Å². The molecule has 1 aromatic heterocycles. The number of nitrogens with one attached hydrogen (secondary N) is 2. The zero-order chi connectivity index (χ0) is 11.4. The van der Waals surface area contributed by atoms with Crippen molar-refractivity contribution in [2.24, 2.45) is 0 Å². The Bertz CT molecular complexity index is 519. The summed E-state index contributed by atoms with van der Waals surface area (Å²) in [4.78, 5) is 3.38. The van der Waals surface area contributed by atoms with Crippen LogP contribution in [0.1, 0.15) is 11.3 Å². The summed E-state index contributed by atoms with van der Waals surface area (Å²) in [5.41, 5.74) is 3.76. The summed E-state index contributed by atoms with van der Waals surface area (Å²) in [6.45, 7) is 3.36. The van der Waals surface area contributed by atoms with Gasteiger partial charge in [0.15, 0.2) is 0 Å². The van der Waals surface area contributed by atoms with Crippen LogP contribution in [0.5, 0.6) is 0 Å². The number of aryl methyl sites for hydroxylation is 1. The van der Waals surface area contributed by atoms with E-state index in [2.05, 4.69) is 41.5 Å². The summed E-state index contributed by atoms with van der Waals surface area (Å²) in [5, 5.41) is 12.8. The van der Waals surface area contributed by atoms with Gasteiger partial charge in [-0.1, -0.05) is 18.2 Å². The number of rotatable bonds is 4. The van der Waals surface area contributed by atoms with Gasteiger partial charge in [-0.05, 0) is 25.0 Å². The average molecular weight is 213 g/mol. The van der Waals surface area contributed by atoms with Crippen molar-refractivity contribution in [3.63, 3.8) is 0 Å². The molecule has 0 aliphatic rings. The highest BCUT2D eigenvalue weighted by Crippen LogP contribution is 2.21. The van der Waals surface area contributed by atoms with E-state index in [0.29, 0.717) is 6.54 Å². The van der Waals surface area contributed by atoms with Crippen molar-refractivity contribution in [1.82, 2.24) is 10.3 Å². The molecule has 0 saturated carbocycles. The first-order valence-electron chi connectivity index (χ1n) is 5.47. The molecule has 0 unspecified atom stereocenters. The van der Waals surface area contributed by atoms with Crippen molar-refractivity contribution < 1.29 is 0 Å². The first-order valence-corrected chi connectivity index (χ1v) is 5.47. The number of benzene rings is 1. The van der Waals surface area contributed by atoms with E-state index in [9.17, 15) is 0 Å². The molecule has 0 fully saturated rings. The fraction of sp³-hybridized carbons (Fsp3) is 0.308. The summed E-state index contributed by atoms with van der Waals surface area (Å²) in [5.74, 6) is 0. The smallest absolute Gasteiger partial charge is 0.0841 e. The highest BCUT2D eigenvalue weighted by Gasteiger charge is 2.06. The van der Waals surface area contributed by atoms with Gasteiger partial charge in [0.25, 0.3) is 0 Å². The Morgan fingerprint density at radius 1 is 1.38 bits per heavy atom. The highest BCUT2D eigenvalue weighted by atomic mass is 14.8. The first kappa shape index (κ1) is 10.7. The minimum absolute atomic E-state index is 0.418. The standard InChI is InChI=1S/C13H15N3/c1-10-11(6-8-15-9-7-14)12-4-2-3-5-13(12)16-10/h2-5,15-16H,6,8-9H2,1H3. The lowest BCUT2D eigenvalue weighted by molar-refractivity contribution is 0.749. The fourth-order valence-electron chi connectivity index (χ4n) is 2.01. The predicted octanol–water partition coefficient (Wildman–Crippen LogP) is 2.13. The molecular formula is C13H15N3. The largest absolute Gasteiger partial charge is 0.358 e. The summed E-state index contributed by atoms with van der Waals surface area (Å²) in [7, 11) is 0. The number of nitrogens with zero attached hydrogens (tertiary/aromatic N) is 1. The van der Waals surface area contributed by atoms with Gasteiger partial charge >= 0.3 is 0 Å². The summed E-state index contributed by atoms with van der Waals surface area (Å²) >= 11 is 0. The van der Waals surface area contributed by atoms with Crippen molar-refractivity contribution in [2.45, 2.75) is 13.3 Å². The zero-order valence-electron chi connectivity index (χ0n) is 9.38. The molecule has 16 heavy (non-hydrogen) atoms. The second kappa shape index (κ2) is 4.82. The van der Waals surface area contributed by atoms with Crippen LogP contribution in [-0.2, 0) is 6.42 Å². The number of nitriles is 1. The molecule has 2 N–H and O–H groups in total. The molecule has 0 spiro atoms. The Morgan fingerprint density at radius 3 is 3.00 bits per heavy atom. The molecule has 3 heteroatoms. The molecular weight excluding hydrogens is 198 g/mol. The van der Waals surface area contributed by atoms with Gasteiger partial charge in [0.2, 0.25) is 0 Å². The number of hydrogen-bond acceptors (Lipinski definition) is 2. The van der Waals surface area contributed by atoms with E-state index in [4.69, 9.17) is 5.26 Å². The van der Waals surface area contributed by atoms with Crippen LogP contribution in [0.25, 0.3) is 10.9 Å². The molecule has 0 bridgehead atoms. The SMILES string of the molecule is Cc1[nH]c2ccccc2c1CCNCC#N. The monoisotopic (exact) mass is 213 g/mol. The predicted molar refractivity (Wildman–Crippen MR) is 65.2 cm³/mol. The van der Waals surface area contributed by atoms with Crippen molar-refractivity contribution >= 4 is 10.9 Å². The van der Waals surface area contributed by atoms with Crippen LogP contribution in [0.4, 0.5) is 0 Å². The third-order valence-electron chi connectivity index (χ3n) is 2.78. The molecule has 0 saturated heterocycles. The molecule has 3 nitrogen and oxygen atoms in total. The second-order valence-electron chi connectivity index (χ2n) is 3.86. The number of H-pyrrole nitrogens is 1. The molecule has 2 aromatic rings. The van der Waals surface area contributed by atoms with Crippen LogP contribution >= 0.6 is 0 Å². The topological polar surface area (TPSA) is 51.6 Å². The maximum Gasteiger partial charge on any atom is 0.0841 e. The van der Waals surface area contributed by atoms with Crippen LogP contribution in [0.2, 0.25) is 0 Å². The van der Waals surface area contributed by atoms with Gasteiger partial charge in [-0.15, -0.1) is 0 Å². The van der Waals surface area contributed by atoms with Crippen LogP contribution in [0, 0.1) is 18.3 Å². The summed E-state index contributed by atoms with van der Waals surface area (Å²) in [6, 6.07) is 10.4. The Kier molecular flexibility index (Phi) is 3.23. The maximum absolute atomic E-state index is 8.43. The molecule has 2 rings (SSSR count). The van der Waals surface area contributed by atoms with Gasteiger partial charge in [0.05, 0.1) is 12.6 Å². The van der Waals surface area contributed by atoms with E-state index < -0.39 is 0 Å². The van der Waals surface area contributed by atoms with E-state index in [1.807, 2.05) is 6.07 Å². The van der Waals surface area contributed by atoms with Crippen molar-refractivity contribution in [3.8, 4) is 6.07 Å². The van der Waals surface area contributed by atoms with E-state index in [0.717, 1.165) is 13.0 Å². The van der Waals surface area contributed by atoms with E-state index in [-0.39, 0.29) is 0 Å². The lowest BCUT2D eigenvalue weighted by atomic mass is 10.1. The maximum atomic E-state index is 8.43. The van der Waals surface area contributed by atoms with Crippen molar-refractivity contribution in [3.05, 3.63) is 35.5 Å².